The summed E-state index contributed by atoms with van der Waals surface area (Å²) in [5, 5.41) is 8.36. The van der Waals surface area contributed by atoms with Gasteiger partial charge < -0.3 is 5.32 Å². The van der Waals surface area contributed by atoms with Gasteiger partial charge in [0.25, 0.3) is 0 Å². The molecule has 2 heterocycles. The minimum absolute atomic E-state index is 0.431. The number of rotatable bonds is 2. The molecule has 0 amide bonds. The highest BCUT2D eigenvalue weighted by molar-refractivity contribution is 7.07. The lowest BCUT2D eigenvalue weighted by molar-refractivity contribution is 0.166. The molecule has 1 aromatic heterocycles. The van der Waals surface area contributed by atoms with E-state index in [0.29, 0.717) is 11.6 Å². The molecule has 3 rings (SSSR count). The third-order valence-corrected chi connectivity index (χ3v) is 5.46. The lowest BCUT2D eigenvalue weighted by Crippen LogP contribution is -2.49. The molecule has 1 aromatic rings. The molecule has 3 heteroatoms. The van der Waals surface area contributed by atoms with E-state index in [0.717, 1.165) is 0 Å². The van der Waals surface area contributed by atoms with Gasteiger partial charge in [-0.15, -0.1) is 0 Å². The van der Waals surface area contributed by atoms with Crippen molar-refractivity contribution in [3.63, 3.8) is 0 Å². The maximum atomic E-state index is 3.85. The van der Waals surface area contributed by atoms with Gasteiger partial charge in [0.1, 0.15) is 0 Å². The molecule has 2 fully saturated rings. The number of nitrogens with zero attached hydrogens (tertiary/aromatic N) is 1. The van der Waals surface area contributed by atoms with E-state index in [4.69, 9.17) is 0 Å². The van der Waals surface area contributed by atoms with Gasteiger partial charge in [0.15, 0.2) is 0 Å². The first-order valence-electron chi connectivity index (χ1n) is 7.30. The molecule has 1 N–H and O–H groups in total. The van der Waals surface area contributed by atoms with Crippen LogP contribution in [-0.2, 0) is 0 Å². The lowest BCUT2D eigenvalue weighted by Gasteiger charge is -2.36. The quantitative estimate of drug-likeness (QED) is 0.880. The van der Waals surface area contributed by atoms with Crippen LogP contribution in [0.1, 0.15) is 50.6 Å². The average Bonchev–Trinajstić information content (AvgIpc) is 2.99. The number of hydrogen-bond donors (Lipinski definition) is 1. The number of thiophene rings is 1. The largest absolute Gasteiger partial charge is 0.310 e. The van der Waals surface area contributed by atoms with Crippen LogP contribution in [-0.4, -0.2) is 30.1 Å². The van der Waals surface area contributed by atoms with Gasteiger partial charge in [-0.2, -0.15) is 11.3 Å². The van der Waals surface area contributed by atoms with Crippen LogP contribution >= 0.6 is 11.3 Å². The Morgan fingerprint density at radius 2 is 2.17 bits per heavy atom. The predicted octanol–water partition coefficient (Wildman–Crippen LogP) is 3.42. The van der Waals surface area contributed by atoms with Crippen LogP contribution in [0.4, 0.5) is 0 Å². The van der Waals surface area contributed by atoms with Crippen molar-refractivity contribution in [2.24, 2.45) is 0 Å². The zero-order valence-corrected chi connectivity index (χ0v) is 12.1. The Bertz CT molecular complexity index is 368. The van der Waals surface area contributed by atoms with E-state index >= 15 is 0 Å². The molecule has 100 valence electrons. The Kier molecular flexibility index (Phi) is 3.73. The van der Waals surface area contributed by atoms with Crippen molar-refractivity contribution in [3.8, 4) is 0 Å². The zero-order chi connectivity index (χ0) is 12.4. The third kappa shape index (κ3) is 2.49. The smallest absolute Gasteiger partial charge is 0.0328 e. The van der Waals surface area contributed by atoms with Crippen LogP contribution in [0.25, 0.3) is 0 Å². The molecular formula is C15H24N2S. The highest BCUT2D eigenvalue weighted by Crippen LogP contribution is 2.34. The van der Waals surface area contributed by atoms with E-state index in [9.17, 15) is 0 Å². The maximum absolute atomic E-state index is 3.85. The van der Waals surface area contributed by atoms with Crippen LogP contribution in [0.3, 0.4) is 0 Å². The van der Waals surface area contributed by atoms with E-state index < -0.39 is 0 Å². The van der Waals surface area contributed by atoms with E-state index in [-0.39, 0.29) is 0 Å². The van der Waals surface area contributed by atoms with E-state index in [1.54, 1.807) is 0 Å². The second-order valence-corrected chi connectivity index (χ2v) is 6.75. The summed E-state index contributed by atoms with van der Waals surface area (Å²) < 4.78 is 0. The van der Waals surface area contributed by atoms with E-state index in [1.165, 1.54) is 57.3 Å². The SMILES string of the molecule is CC(c1ccsc1)N1CCCNC2(CCCC2)C1. The molecule has 1 saturated carbocycles. The highest BCUT2D eigenvalue weighted by atomic mass is 32.1. The van der Waals surface area contributed by atoms with Gasteiger partial charge in [-0.25, -0.2) is 0 Å². The van der Waals surface area contributed by atoms with Crippen molar-refractivity contribution in [1.82, 2.24) is 10.2 Å². The molecule has 1 aliphatic heterocycles. The molecule has 0 radical (unpaired) electrons. The van der Waals surface area contributed by atoms with Crippen LogP contribution < -0.4 is 5.32 Å². The fraction of sp³-hybridized carbons (Fsp3) is 0.733. The van der Waals surface area contributed by atoms with Gasteiger partial charge in [-0.05, 0) is 55.1 Å². The predicted molar refractivity (Wildman–Crippen MR) is 78.1 cm³/mol. The van der Waals surface area contributed by atoms with Gasteiger partial charge in [-0.3, -0.25) is 4.90 Å². The standard InChI is InChI=1S/C15H24N2S/c1-13(14-5-10-18-11-14)17-9-4-8-16-15(12-17)6-2-3-7-15/h5,10-11,13,16H,2-4,6-9,12H2,1H3. The molecule has 1 saturated heterocycles. The zero-order valence-electron chi connectivity index (χ0n) is 11.3. The molecule has 0 bridgehead atoms. The Morgan fingerprint density at radius 3 is 2.89 bits per heavy atom. The fourth-order valence-electron chi connectivity index (χ4n) is 3.60. The summed E-state index contributed by atoms with van der Waals surface area (Å²) in [4.78, 5) is 2.70. The molecule has 2 aliphatic rings. The number of hydrogen-bond acceptors (Lipinski definition) is 3. The molecule has 1 atom stereocenters. The summed E-state index contributed by atoms with van der Waals surface area (Å²) in [6.07, 6.45) is 6.86. The normalized spacial score (nSPS) is 26.3. The molecule has 1 aliphatic carbocycles. The fourth-order valence-corrected chi connectivity index (χ4v) is 4.35. The van der Waals surface area contributed by atoms with Crippen LogP contribution in [0.5, 0.6) is 0 Å². The van der Waals surface area contributed by atoms with E-state index in [2.05, 4.69) is 34.0 Å². The summed E-state index contributed by atoms with van der Waals surface area (Å²) in [6.45, 7) is 6.05. The third-order valence-electron chi connectivity index (χ3n) is 4.76. The summed E-state index contributed by atoms with van der Waals surface area (Å²) in [7, 11) is 0. The first-order chi connectivity index (χ1) is 8.79. The monoisotopic (exact) mass is 264 g/mol. The molecule has 0 aromatic carbocycles. The second kappa shape index (κ2) is 5.32. The lowest BCUT2D eigenvalue weighted by atomic mass is 9.96. The van der Waals surface area contributed by atoms with Crippen LogP contribution in [0.2, 0.25) is 0 Å². The molecule has 18 heavy (non-hydrogen) atoms. The Balaban J connectivity index is 1.74. The maximum Gasteiger partial charge on any atom is 0.0328 e. The summed E-state index contributed by atoms with van der Waals surface area (Å²) in [6, 6.07) is 2.86. The van der Waals surface area contributed by atoms with Gasteiger partial charge in [0, 0.05) is 24.7 Å². The minimum atomic E-state index is 0.431. The Labute approximate surface area is 114 Å². The van der Waals surface area contributed by atoms with Gasteiger partial charge in [0.05, 0.1) is 0 Å². The minimum Gasteiger partial charge on any atom is -0.310 e. The summed E-state index contributed by atoms with van der Waals surface area (Å²) in [5.41, 5.74) is 1.93. The van der Waals surface area contributed by atoms with E-state index in [1.807, 2.05) is 11.3 Å². The first kappa shape index (κ1) is 12.6. The van der Waals surface area contributed by atoms with Crippen molar-refractivity contribution in [3.05, 3.63) is 22.4 Å². The average molecular weight is 264 g/mol. The highest BCUT2D eigenvalue weighted by Gasteiger charge is 2.37. The van der Waals surface area contributed by atoms with Crippen molar-refractivity contribution < 1.29 is 0 Å². The first-order valence-corrected chi connectivity index (χ1v) is 8.25. The molecule has 2 nitrogen and oxygen atoms in total. The Hall–Kier alpha value is -0.380. The van der Waals surface area contributed by atoms with Gasteiger partial charge in [-0.1, -0.05) is 12.8 Å². The van der Waals surface area contributed by atoms with Gasteiger partial charge >= 0.3 is 0 Å². The van der Waals surface area contributed by atoms with Crippen molar-refractivity contribution in [1.29, 1.82) is 0 Å². The molecule has 1 unspecified atom stereocenters. The van der Waals surface area contributed by atoms with Crippen molar-refractivity contribution >= 4 is 11.3 Å². The summed E-state index contributed by atoms with van der Waals surface area (Å²) >= 11 is 1.82. The molecular weight excluding hydrogens is 240 g/mol. The Morgan fingerprint density at radius 1 is 1.33 bits per heavy atom. The van der Waals surface area contributed by atoms with Crippen molar-refractivity contribution in [2.75, 3.05) is 19.6 Å². The number of nitrogens with one attached hydrogen (secondary N) is 1. The van der Waals surface area contributed by atoms with Crippen LogP contribution in [0, 0.1) is 0 Å². The summed E-state index contributed by atoms with van der Waals surface area (Å²) in [5.74, 6) is 0. The van der Waals surface area contributed by atoms with Crippen LogP contribution in [0.15, 0.2) is 16.8 Å². The van der Waals surface area contributed by atoms with Crippen molar-refractivity contribution in [2.45, 2.75) is 50.6 Å². The second-order valence-electron chi connectivity index (χ2n) is 5.97. The topological polar surface area (TPSA) is 15.3 Å². The van der Waals surface area contributed by atoms with Gasteiger partial charge in [0.2, 0.25) is 0 Å². The molecule has 1 spiro atoms.